The zero-order valence-electron chi connectivity index (χ0n) is 10.1. The number of hydrogen-bond acceptors (Lipinski definition) is 3. The van der Waals surface area contributed by atoms with E-state index in [9.17, 15) is 4.79 Å². The van der Waals surface area contributed by atoms with Crippen molar-refractivity contribution in [2.75, 3.05) is 0 Å². The summed E-state index contributed by atoms with van der Waals surface area (Å²) in [6.45, 7) is 2.09. The van der Waals surface area contributed by atoms with Crippen molar-refractivity contribution in [3.8, 4) is 5.75 Å². The van der Waals surface area contributed by atoms with Crippen molar-refractivity contribution >= 4 is 6.16 Å². The first-order chi connectivity index (χ1) is 8.28. The van der Waals surface area contributed by atoms with Gasteiger partial charge in [-0.05, 0) is 49.8 Å². The molecule has 0 aliphatic heterocycles. The summed E-state index contributed by atoms with van der Waals surface area (Å²) in [5.41, 5.74) is 1.22. The average molecular weight is 234 g/mol. The topological polar surface area (TPSA) is 35.5 Å². The summed E-state index contributed by atoms with van der Waals surface area (Å²) >= 11 is 0. The maximum atomic E-state index is 11.5. The molecular formula is C14H18O3. The van der Waals surface area contributed by atoms with Crippen molar-refractivity contribution in [2.24, 2.45) is 0 Å². The normalized spacial score (nSPS) is 15.8. The molecule has 0 spiro atoms. The van der Waals surface area contributed by atoms with Crippen molar-refractivity contribution in [2.45, 2.75) is 45.1 Å². The summed E-state index contributed by atoms with van der Waals surface area (Å²) in [4.78, 5) is 11.5. The van der Waals surface area contributed by atoms with Gasteiger partial charge in [0.15, 0.2) is 0 Å². The Balaban J connectivity index is 1.84. The van der Waals surface area contributed by atoms with Crippen LogP contribution in [0.5, 0.6) is 5.75 Å². The van der Waals surface area contributed by atoms with Crippen LogP contribution in [0.4, 0.5) is 4.79 Å². The lowest BCUT2D eigenvalue weighted by molar-refractivity contribution is 0.0612. The number of rotatable bonds is 3. The Labute approximate surface area is 102 Å². The van der Waals surface area contributed by atoms with E-state index < -0.39 is 6.16 Å². The Morgan fingerprint density at radius 1 is 1.24 bits per heavy atom. The molecule has 1 fully saturated rings. The molecule has 92 valence electrons. The van der Waals surface area contributed by atoms with Gasteiger partial charge in [-0.2, -0.15) is 0 Å². The van der Waals surface area contributed by atoms with Crippen molar-refractivity contribution in [3.63, 3.8) is 0 Å². The van der Waals surface area contributed by atoms with Crippen LogP contribution in [0.3, 0.4) is 0 Å². The number of carbonyl (C=O) groups is 1. The van der Waals surface area contributed by atoms with Crippen LogP contribution in [-0.4, -0.2) is 12.3 Å². The molecule has 0 bridgehead atoms. The van der Waals surface area contributed by atoms with Gasteiger partial charge in [-0.15, -0.1) is 0 Å². The molecule has 0 heterocycles. The monoisotopic (exact) mass is 234 g/mol. The van der Waals surface area contributed by atoms with Crippen LogP contribution >= 0.6 is 0 Å². The van der Waals surface area contributed by atoms with E-state index in [1.807, 2.05) is 12.1 Å². The molecule has 3 nitrogen and oxygen atoms in total. The standard InChI is InChI=1S/C14H18O3/c1-2-11-7-9-13(10-8-11)17-14(15)16-12-5-3-4-6-12/h7-10,12H,2-6H2,1H3. The molecule has 0 aromatic heterocycles. The highest BCUT2D eigenvalue weighted by atomic mass is 16.7. The predicted octanol–water partition coefficient (Wildman–Crippen LogP) is 3.71. The molecule has 0 radical (unpaired) electrons. The summed E-state index contributed by atoms with van der Waals surface area (Å²) in [5.74, 6) is 0.546. The molecule has 1 aromatic rings. The van der Waals surface area contributed by atoms with Gasteiger partial charge in [0, 0.05) is 0 Å². The highest BCUT2D eigenvalue weighted by Gasteiger charge is 2.20. The van der Waals surface area contributed by atoms with Crippen LogP contribution in [-0.2, 0) is 11.2 Å². The second-order valence-corrected chi connectivity index (χ2v) is 4.37. The Morgan fingerprint density at radius 3 is 2.47 bits per heavy atom. The first kappa shape index (κ1) is 12.0. The third-order valence-corrected chi connectivity index (χ3v) is 3.10. The average Bonchev–Trinajstić information content (AvgIpc) is 2.82. The fraction of sp³-hybridized carbons (Fsp3) is 0.500. The Morgan fingerprint density at radius 2 is 1.88 bits per heavy atom. The van der Waals surface area contributed by atoms with Gasteiger partial charge in [0.1, 0.15) is 11.9 Å². The number of carbonyl (C=O) groups excluding carboxylic acids is 1. The van der Waals surface area contributed by atoms with E-state index in [1.165, 1.54) is 5.56 Å². The largest absolute Gasteiger partial charge is 0.514 e. The van der Waals surface area contributed by atoms with E-state index in [0.717, 1.165) is 32.1 Å². The molecule has 0 amide bonds. The highest BCUT2D eigenvalue weighted by Crippen LogP contribution is 2.22. The molecule has 17 heavy (non-hydrogen) atoms. The predicted molar refractivity (Wildman–Crippen MR) is 65.2 cm³/mol. The van der Waals surface area contributed by atoms with Crippen molar-refractivity contribution in [1.82, 2.24) is 0 Å². The fourth-order valence-electron chi connectivity index (χ4n) is 2.06. The molecule has 1 aliphatic carbocycles. The second-order valence-electron chi connectivity index (χ2n) is 4.37. The highest BCUT2D eigenvalue weighted by molar-refractivity contribution is 5.64. The number of hydrogen-bond donors (Lipinski definition) is 0. The van der Waals surface area contributed by atoms with Crippen LogP contribution in [0.1, 0.15) is 38.2 Å². The maximum Gasteiger partial charge on any atom is 0.514 e. The van der Waals surface area contributed by atoms with Crippen LogP contribution < -0.4 is 4.74 Å². The van der Waals surface area contributed by atoms with Gasteiger partial charge in [-0.1, -0.05) is 19.1 Å². The van der Waals surface area contributed by atoms with Crippen molar-refractivity contribution in [1.29, 1.82) is 0 Å². The quantitative estimate of drug-likeness (QED) is 0.590. The maximum absolute atomic E-state index is 11.5. The Kier molecular flexibility index (Phi) is 4.02. The van der Waals surface area contributed by atoms with Gasteiger partial charge in [-0.3, -0.25) is 0 Å². The number of benzene rings is 1. The van der Waals surface area contributed by atoms with E-state index in [1.54, 1.807) is 12.1 Å². The minimum atomic E-state index is -0.582. The number of ether oxygens (including phenoxy) is 2. The fourth-order valence-corrected chi connectivity index (χ4v) is 2.06. The lowest BCUT2D eigenvalue weighted by Crippen LogP contribution is -2.18. The molecule has 3 heteroatoms. The van der Waals surface area contributed by atoms with Crippen LogP contribution in [0, 0.1) is 0 Å². The van der Waals surface area contributed by atoms with E-state index in [4.69, 9.17) is 9.47 Å². The molecule has 0 unspecified atom stereocenters. The molecule has 2 rings (SSSR count). The molecule has 0 N–H and O–H groups in total. The molecule has 1 aromatic carbocycles. The van der Waals surface area contributed by atoms with Gasteiger partial charge < -0.3 is 9.47 Å². The minimum absolute atomic E-state index is 0.0532. The zero-order chi connectivity index (χ0) is 12.1. The van der Waals surface area contributed by atoms with Crippen molar-refractivity contribution < 1.29 is 14.3 Å². The van der Waals surface area contributed by atoms with E-state index >= 15 is 0 Å². The van der Waals surface area contributed by atoms with Gasteiger partial charge in [0.05, 0.1) is 0 Å². The van der Waals surface area contributed by atoms with Gasteiger partial charge in [0.2, 0.25) is 0 Å². The van der Waals surface area contributed by atoms with Gasteiger partial charge in [0.25, 0.3) is 0 Å². The SMILES string of the molecule is CCc1ccc(OC(=O)OC2CCCC2)cc1. The Bertz CT molecular complexity index is 364. The molecule has 1 aliphatic rings. The summed E-state index contributed by atoms with van der Waals surface area (Å²) in [6.07, 6.45) is 4.66. The van der Waals surface area contributed by atoms with Crippen molar-refractivity contribution in [3.05, 3.63) is 29.8 Å². The first-order valence-corrected chi connectivity index (χ1v) is 6.25. The van der Waals surface area contributed by atoms with Gasteiger partial charge >= 0.3 is 6.16 Å². The van der Waals surface area contributed by atoms with Crippen LogP contribution in [0.2, 0.25) is 0 Å². The zero-order valence-corrected chi connectivity index (χ0v) is 10.1. The first-order valence-electron chi connectivity index (χ1n) is 6.25. The van der Waals surface area contributed by atoms with E-state index in [2.05, 4.69) is 6.92 Å². The molecule has 1 saturated carbocycles. The van der Waals surface area contributed by atoms with E-state index in [0.29, 0.717) is 5.75 Å². The van der Waals surface area contributed by atoms with Crippen LogP contribution in [0.15, 0.2) is 24.3 Å². The van der Waals surface area contributed by atoms with Crippen LogP contribution in [0.25, 0.3) is 0 Å². The third kappa shape index (κ3) is 3.48. The minimum Gasteiger partial charge on any atom is -0.431 e. The smallest absolute Gasteiger partial charge is 0.431 e. The molecule has 0 atom stereocenters. The lowest BCUT2D eigenvalue weighted by atomic mass is 10.2. The van der Waals surface area contributed by atoms with Gasteiger partial charge in [-0.25, -0.2) is 4.79 Å². The van der Waals surface area contributed by atoms with E-state index in [-0.39, 0.29) is 6.10 Å². The third-order valence-electron chi connectivity index (χ3n) is 3.10. The number of aryl methyl sites for hydroxylation is 1. The molecule has 0 saturated heterocycles. The summed E-state index contributed by atoms with van der Waals surface area (Å²) in [5, 5.41) is 0. The Hall–Kier alpha value is -1.51. The lowest BCUT2D eigenvalue weighted by Gasteiger charge is -2.11. The molecular weight excluding hydrogens is 216 g/mol. The summed E-state index contributed by atoms with van der Waals surface area (Å²) < 4.78 is 10.3. The second kappa shape index (κ2) is 5.71. The summed E-state index contributed by atoms with van der Waals surface area (Å²) in [6, 6.07) is 7.51. The summed E-state index contributed by atoms with van der Waals surface area (Å²) in [7, 11) is 0.